The standard InChI is InChI=1S/C12H8IN2O4S/c13-9-1-3-10(4-2-9)14-20(18,19)12-7-5-11(6-8-12)15(16)17/h1-8H/q-1. The smallest absolute Gasteiger partial charge is 0.269 e. The van der Waals surface area contributed by atoms with E-state index in [1.54, 1.807) is 24.3 Å². The topological polar surface area (TPSA) is 91.4 Å². The van der Waals surface area contributed by atoms with Crippen LogP contribution in [0.4, 0.5) is 11.4 Å². The predicted octanol–water partition coefficient (Wildman–Crippen LogP) is 3.59. The number of halogens is 1. The number of rotatable bonds is 4. The molecule has 0 radical (unpaired) electrons. The highest BCUT2D eigenvalue weighted by Crippen LogP contribution is 2.28. The van der Waals surface area contributed by atoms with Gasteiger partial charge < -0.3 is 4.72 Å². The molecule has 0 N–H and O–H groups in total. The lowest BCUT2D eigenvalue weighted by Crippen LogP contribution is -1.98. The van der Waals surface area contributed by atoms with E-state index in [1.807, 2.05) is 0 Å². The van der Waals surface area contributed by atoms with Crippen LogP contribution in [0.1, 0.15) is 0 Å². The molecular formula is C12H8IN2O4S-. The second kappa shape index (κ2) is 5.75. The van der Waals surface area contributed by atoms with Crippen LogP contribution in [0.15, 0.2) is 53.4 Å². The van der Waals surface area contributed by atoms with Crippen molar-refractivity contribution < 1.29 is 13.3 Å². The average molecular weight is 403 g/mol. The third kappa shape index (κ3) is 3.45. The van der Waals surface area contributed by atoms with Gasteiger partial charge in [-0.15, -0.1) is 5.69 Å². The second-order valence-electron chi connectivity index (χ2n) is 3.79. The molecule has 104 valence electrons. The molecule has 0 aliphatic rings. The highest BCUT2D eigenvalue weighted by molar-refractivity contribution is 14.1. The van der Waals surface area contributed by atoms with Crippen molar-refractivity contribution in [1.82, 2.24) is 0 Å². The Morgan fingerprint density at radius 2 is 1.55 bits per heavy atom. The molecule has 2 aromatic carbocycles. The third-order valence-corrected chi connectivity index (χ3v) is 4.44. The van der Waals surface area contributed by atoms with Gasteiger partial charge in [0.2, 0.25) is 0 Å². The molecule has 0 saturated carbocycles. The summed E-state index contributed by atoms with van der Waals surface area (Å²) in [6.07, 6.45) is 0. The van der Waals surface area contributed by atoms with Crippen molar-refractivity contribution >= 4 is 44.0 Å². The molecule has 0 aliphatic heterocycles. The number of non-ortho nitro benzene ring substituents is 1. The summed E-state index contributed by atoms with van der Waals surface area (Å²) in [6, 6.07) is 11.3. The quantitative estimate of drug-likeness (QED) is 0.443. The van der Waals surface area contributed by atoms with Crippen LogP contribution in [-0.4, -0.2) is 13.3 Å². The Morgan fingerprint density at radius 3 is 2.05 bits per heavy atom. The number of benzene rings is 2. The molecular weight excluding hydrogens is 395 g/mol. The van der Waals surface area contributed by atoms with E-state index in [1.165, 1.54) is 12.1 Å². The van der Waals surface area contributed by atoms with E-state index in [9.17, 15) is 18.5 Å². The largest absolute Gasteiger partial charge is 0.573 e. The molecule has 0 amide bonds. The van der Waals surface area contributed by atoms with E-state index in [-0.39, 0.29) is 10.6 Å². The first-order chi connectivity index (χ1) is 9.38. The molecule has 0 spiro atoms. The van der Waals surface area contributed by atoms with Gasteiger partial charge in [0, 0.05) is 15.7 Å². The summed E-state index contributed by atoms with van der Waals surface area (Å²) in [6.45, 7) is 0. The van der Waals surface area contributed by atoms with Crippen LogP contribution in [0.25, 0.3) is 4.72 Å². The van der Waals surface area contributed by atoms with Crippen LogP contribution >= 0.6 is 22.6 Å². The van der Waals surface area contributed by atoms with E-state index >= 15 is 0 Å². The number of nitro groups is 1. The van der Waals surface area contributed by atoms with Gasteiger partial charge in [-0.05, 0) is 34.7 Å². The Bertz CT molecular complexity index is 727. The van der Waals surface area contributed by atoms with E-state index in [0.29, 0.717) is 5.69 Å². The van der Waals surface area contributed by atoms with Crippen molar-refractivity contribution in [3.63, 3.8) is 0 Å². The Labute approximate surface area is 129 Å². The molecule has 0 heterocycles. The van der Waals surface area contributed by atoms with Crippen molar-refractivity contribution in [1.29, 1.82) is 0 Å². The van der Waals surface area contributed by atoms with Gasteiger partial charge in [-0.3, -0.25) is 10.1 Å². The summed E-state index contributed by atoms with van der Waals surface area (Å²) in [7, 11) is -3.87. The molecule has 0 aromatic heterocycles. The number of nitrogens with zero attached hydrogens (tertiary/aromatic N) is 2. The fourth-order valence-corrected chi connectivity index (χ4v) is 2.78. The molecule has 20 heavy (non-hydrogen) atoms. The fourth-order valence-electron chi connectivity index (χ4n) is 1.43. The minimum Gasteiger partial charge on any atom is -0.573 e. The Balaban J connectivity index is 2.26. The highest BCUT2D eigenvalue weighted by Gasteiger charge is 2.09. The van der Waals surface area contributed by atoms with Gasteiger partial charge >= 0.3 is 0 Å². The fraction of sp³-hybridized carbons (Fsp3) is 0. The van der Waals surface area contributed by atoms with E-state index < -0.39 is 14.9 Å². The van der Waals surface area contributed by atoms with Crippen LogP contribution in [0.2, 0.25) is 0 Å². The number of nitro benzene ring substituents is 1. The van der Waals surface area contributed by atoms with E-state index in [2.05, 4.69) is 27.3 Å². The highest BCUT2D eigenvalue weighted by atomic mass is 127. The summed E-state index contributed by atoms with van der Waals surface area (Å²) < 4.78 is 28.7. The van der Waals surface area contributed by atoms with Crippen LogP contribution in [0.3, 0.4) is 0 Å². The maximum atomic E-state index is 12.0. The lowest BCUT2D eigenvalue weighted by atomic mass is 10.3. The van der Waals surface area contributed by atoms with Crippen molar-refractivity contribution in [2.24, 2.45) is 0 Å². The zero-order valence-electron chi connectivity index (χ0n) is 9.93. The summed E-state index contributed by atoms with van der Waals surface area (Å²) >= 11 is 2.10. The zero-order valence-corrected chi connectivity index (χ0v) is 12.9. The summed E-state index contributed by atoms with van der Waals surface area (Å²) in [5.41, 5.74) is 0.141. The van der Waals surface area contributed by atoms with Gasteiger partial charge in [0.15, 0.2) is 0 Å². The van der Waals surface area contributed by atoms with Crippen molar-refractivity contribution in [3.8, 4) is 0 Å². The van der Waals surface area contributed by atoms with Gasteiger partial charge in [-0.25, -0.2) is 8.42 Å². The van der Waals surface area contributed by atoms with Crippen molar-refractivity contribution in [2.75, 3.05) is 0 Å². The molecule has 0 bridgehead atoms. The van der Waals surface area contributed by atoms with Crippen molar-refractivity contribution in [2.45, 2.75) is 4.90 Å². The lowest BCUT2D eigenvalue weighted by molar-refractivity contribution is -0.384. The molecule has 0 saturated heterocycles. The maximum Gasteiger partial charge on any atom is 0.269 e. The minimum atomic E-state index is -3.87. The van der Waals surface area contributed by atoms with Gasteiger partial charge in [0.05, 0.1) is 9.82 Å². The van der Waals surface area contributed by atoms with Gasteiger partial charge in [-0.2, -0.15) is 0 Å². The normalized spacial score (nSPS) is 11.1. The lowest BCUT2D eigenvalue weighted by Gasteiger charge is -2.21. The second-order valence-corrected chi connectivity index (χ2v) is 6.64. The molecule has 6 nitrogen and oxygen atoms in total. The molecule has 0 unspecified atom stereocenters. The average Bonchev–Trinajstić information content (AvgIpc) is 2.41. The summed E-state index contributed by atoms with van der Waals surface area (Å²) in [4.78, 5) is 9.84. The van der Waals surface area contributed by atoms with Gasteiger partial charge in [-0.1, -0.05) is 24.3 Å². The number of hydrogen-bond donors (Lipinski definition) is 0. The first kappa shape index (κ1) is 14.7. The Morgan fingerprint density at radius 1 is 1.00 bits per heavy atom. The zero-order chi connectivity index (χ0) is 14.8. The molecule has 0 atom stereocenters. The number of hydrogen-bond acceptors (Lipinski definition) is 4. The summed E-state index contributed by atoms with van der Waals surface area (Å²) in [5.74, 6) is 0. The third-order valence-electron chi connectivity index (χ3n) is 2.40. The Hall–Kier alpha value is -1.68. The summed E-state index contributed by atoms with van der Waals surface area (Å²) in [5, 5.41) is 10.5. The molecule has 0 aliphatic carbocycles. The van der Waals surface area contributed by atoms with Crippen LogP contribution in [0.5, 0.6) is 0 Å². The number of sulfonamides is 1. The Kier molecular flexibility index (Phi) is 4.23. The first-order valence-electron chi connectivity index (χ1n) is 5.36. The molecule has 2 aromatic rings. The van der Waals surface area contributed by atoms with Crippen molar-refractivity contribution in [3.05, 3.63) is 66.9 Å². The minimum absolute atomic E-state index is 0.0818. The maximum absolute atomic E-state index is 12.0. The van der Waals surface area contributed by atoms with Crippen LogP contribution in [-0.2, 0) is 10.0 Å². The molecule has 2 rings (SSSR count). The monoisotopic (exact) mass is 403 g/mol. The molecule has 0 fully saturated rings. The SMILES string of the molecule is O=[N+]([O-])c1ccc(S(=O)(=O)[N-]c2ccc(I)cc2)cc1. The van der Waals surface area contributed by atoms with E-state index in [0.717, 1.165) is 15.7 Å². The van der Waals surface area contributed by atoms with Crippen LogP contribution < -0.4 is 0 Å². The van der Waals surface area contributed by atoms with Gasteiger partial charge in [0.25, 0.3) is 5.69 Å². The predicted molar refractivity (Wildman–Crippen MR) is 82.5 cm³/mol. The molecule has 8 heteroatoms. The van der Waals surface area contributed by atoms with Crippen LogP contribution in [0, 0.1) is 13.7 Å². The first-order valence-corrected chi connectivity index (χ1v) is 7.88. The van der Waals surface area contributed by atoms with E-state index in [4.69, 9.17) is 0 Å². The van der Waals surface area contributed by atoms with Gasteiger partial charge in [0.1, 0.15) is 10.0 Å².